The Morgan fingerprint density at radius 3 is 2.80 bits per heavy atom. The second-order valence-electron chi connectivity index (χ2n) is 4.96. The molecule has 1 N–H and O–H groups in total. The van der Waals surface area contributed by atoms with Crippen molar-refractivity contribution in [1.29, 1.82) is 0 Å². The molecule has 8 heteroatoms. The molecule has 1 saturated carbocycles. The number of nitrogens with zero attached hydrogens (tertiary/aromatic N) is 2. The number of halogens is 3. The zero-order valence-corrected chi connectivity index (χ0v) is 11.2. The molecule has 0 unspecified atom stereocenters. The summed E-state index contributed by atoms with van der Waals surface area (Å²) >= 11 is 0. The van der Waals surface area contributed by atoms with Gasteiger partial charge in [-0.15, -0.1) is 0 Å². The summed E-state index contributed by atoms with van der Waals surface area (Å²) in [6.07, 6.45) is -2.03. The fourth-order valence-electron chi connectivity index (χ4n) is 2.54. The molecule has 0 spiro atoms. The summed E-state index contributed by atoms with van der Waals surface area (Å²) in [6.45, 7) is 0.367. The summed E-state index contributed by atoms with van der Waals surface area (Å²) in [5, 5.41) is 6.56. The Morgan fingerprint density at radius 2 is 2.10 bits per heavy atom. The number of methoxy groups -OCH3 is 1. The van der Waals surface area contributed by atoms with Crippen molar-refractivity contribution in [2.75, 3.05) is 7.11 Å². The van der Waals surface area contributed by atoms with Gasteiger partial charge in [-0.2, -0.15) is 18.2 Å². The highest BCUT2D eigenvalue weighted by Gasteiger charge is 2.45. The molecular weight excluding hydrogens is 275 g/mol. The lowest BCUT2D eigenvalue weighted by atomic mass is 9.84. The van der Waals surface area contributed by atoms with Crippen molar-refractivity contribution in [1.82, 2.24) is 15.5 Å². The van der Waals surface area contributed by atoms with E-state index < -0.39 is 18.1 Å². The molecule has 5 nitrogen and oxygen atoms in total. The van der Waals surface area contributed by atoms with Gasteiger partial charge in [0.25, 0.3) is 0 Å². The molecule has 0 saturated heterocycles. The van der Waals surface area contributed by atoms with E-state index in [1.807, 2.05) is 0 Å². The van der Waals surface area contributed by atoms with E-state index in [-0.39, 0.29) is 25.5 Å². The molecule has 1 aromatic heterocycles. The fraction of sp³-hybridized carbons (Fsp3) is 0.833. The highest BCUT2D eigenvalue weighted by Crippen LogP contribution is 2.37. The van der Waals surface area contributed by atoms with Crippen LogP contribution in [-0.4, -0.2) is 29.5 Å². The smallest absolute Gasteiger partial charge is 0.377 e. The van der Waals surface area contributed by atoms with Gasteiger partial charge >= 0.3 is 6.18 Å². The monoisotopic (exact) mass is 293 g/mol. The summed E-state index contributed by atoms with van der Waals surface area (Å²) in [5.41, 5.74) is 0. The zero-order chi connectivity index (χ0) is 14.6. The van der Waals surface area contributed by atoms with Gasteiger partial charge in [-0.25, -0.2) is 0 Å². The molecule has 1 fully saturated rings. The molecule has 0 radical (unpaired) electrons. The summed E-state index contributed by atoms with van der Waals surface area (Å²) in [7, 11) is 1.50. The fourth-order valence-corrected chi connectivity index (χ4v) is 2.54. The minimum absolute atomic E-state index is 0.147. The van der Waals surface area contributed by atoms with Gasteiger partial charge in [-0.3, -0.25) is 0 Å². The Hall–Kier alpha value is -1.15. The largest absolute Gasteiger partial charge is 0.393 e. The van der Waals surface area contributed by atoms with Crippen LogP contribution in [0.1, 0.15) is 37.4 Å². The van der Waals surface area contributed by atoms with E-state index in [1.54, 1.807) is 0 Å². The van der Waals surface area contributed by atoms with Crippen LogP contribution in [0, 0.1) is 5.92 Å². The number of aromatic nitrogens is 2. The van der Waals surface area contributed by atoms with Crippen molar-refractivity contribution >= 4 is 0 Å². The molecule has 0 amide bonds. The van der Waals surface area contributed by atoms with Gasteiger partial charge in [-0.05, 0) is 12.8 Å². The number of hydrogen-bond acceptors (Lipinski definition) is 5. The maximum atomic E-state index is 12.9. The average Bonchev–Trinajstić information content (AvgIpc) is 2.84. The number of nitrogens with one attached hydrogen (secondary N) is 1. The molecule has 20 heavy (non-hydrogen) atoms. The number of ether oxygens (including phenoxy) is 1. The Kier molecular flexibility index (Phi) is 4.98. The maximum absolute atomic E-state index is 12.9. The molecule has 2 rings (SSSR count). The highest BCUT2D eigenvalue weighted by molar-refractivity contribution is 4.89. The molecule has 1 aliphatic carbocycles. The third-order valence-corrected chi connectivity index (χ3v) is 3.49. The van der Waals surface area contributed by atoms with E-state index >= 15 is 0 Å². The molecule has 1 heterocycles. The van der Waals surface area contributed by atoms with Crippen molar-refractivity contribution in [2.45, 2.75) is 51.1 Å². The highest BCUT2D eigenvalue weighted by atomic mass is 19.4. The SMILES string of the molecule is COCc1noc(CN[C@@H]2CCCC[C@@H]2C(F)(F)F)n1. The van der Waals surface area contributed by atoms with Crippen molar-refractivity contribution in [3.8, 4) is 0 Å². The van der Waals surface area contributed by atoms with Gasteiger partial charge in [-0.1, -0.05) is 18.0 Å². The first kappa shape index (κ1) is 15.2. The Bertz CT molecular complexity index is 422. The van der Waals surface area contributed by atoms with Gasteiger partial charge in [0.05, 0.1) is 12.5 Å². The molecule has 1 aromatic rings. The molecule has 0 bridgehead atoms. The Morgan fingerprint density at radius 1 is 1.35 bits per heavy atom. The van der Waals surface area contributed by atoms with E-state index in [4.69, 9.17) is 9.26 Å². The van der Waals surface area contributed by atoms with Crippen molar-refractivity contribution in [2.24, 2.45) is 5.92 Å². The lowest BCUT2D eigenvalue weighted by molar-refractivity contribution is -0.189. The van der Waals surface area contributed by atoms with Crippen LogP contribution in [0.4, 0.5) is 13.2 Å². The first-order chi connectivity index (χ1) is 9.50. The van der Waals surface area contributed by atoms with Gasteiger partial charge in [0.2, 0.25) is 5.89 Å². The summed E-state index contributed by atoms with van der Waals surface area (Å²) in [5.74, 6) is -0.624. The van der Waals surface area contributed by atoms with E-state index in [0.29, 0.717) is 18.7 Å². The molecule has 114 valence electrons. The van der Waals surface area contributed by atoms with E-state index in [1.165, 1.54) is 7.11 Å². The molecule has 0 aromatic carbocycles. The van der Waals surface area contributed by atoms with E-state index in [9.17, 15) is 13.2 Å². The maximum Gasteiger partial charge on any atom is 0.393 e. The lowest BCUT2D eigenvalue weighted by Gasteiger charge is -2.33. The van der Waals surface area contributed by atoms with Crippen molar-refractivity contribution in [3.05, 3.63) is 11.7 Å². The summed E-state index contributed by atoms with van der Waals surface area (Å²) in [6, 6.07) is -0.582. The third kappa shape index (κ3) is 3.92. The van der Waals surface area contributed by atoms with Crippen LogP contribution in [0.2, 0.25) is 0 Å². The van der Waals surface area contributed by atoms with Crippen LogP contribution < -0.4 is 5.32 Å². The predicted octanol–water partition coefficient (Wildman–Crippen LogP) is 2.43. The Labute approximate surface area is 114 Å². The van der Waals surface area contributed by atoms with Gasteiger partial charge in [0.1, 0.15) is 6.61 Å². The van der Waals surface area contributed by atoms with Crippen molar-refractivity contribution in [3.63, 3.8) is 0 Å². The lowest BCUT2D eigenvalue weighted by Crippen LogP contribution is -2.45. The third-order valence-electron chi connectivity index (χ3n) is 3.49. The van der Waals surface area contributed by atoms with E-state index in [0.717, 1.165) is 6.42 Å². The van der Waals surface area contributed by atoms with Crippen LogP contribution >= 0.6 is 0 Å². The minimum Gasteiger partial charge on any atom is -0.377 e. The zero-order valence-electron chi connectivity index (χ0n) is 11.2. The number of alkyl halides is 3. The first-order valence-corrected chi connectivity index (χ1v) is 6.61. The molecule has 1 aliphatic rings. The minimum atomic E-state index is -4.16. The average molecular weight is 293 g/mol. The molecule has 0 aliphatic heterocycles. The molecular formula is C12H18F3N3O2. The Balaban J connectivity index is 1.90. The number of hydrogen-bond donors (Lipinski definition) is 1. The van der Waals surface area contributed by atoms with Crippen LogP contribution in [0.15, 0.2) is 4.52 Å². The summed E-state index contributed by atoms with van der Waals surface area (Å²) in [4.78, 5) is 4.03. The first-order valence-electron chi connectivity index (χ1n) is 6.61. The second-order valence-corrected chi connectivity index (χ2v) is 4.96. The molecule has 2 atom stereocenters. The van der Waals surface area contributed by atoms with Gasteiger partial charge < -0.3 is 14.6 Å². The standard InChI is InChI=1S/C12H18F3N3O2/c1-19-7-10-17-11(20-18-10)6-16-9-5-3-2-4-8(9)12(13,14)15/h8-9,16H,2-7H2,1H3/t8-,9+/m0/s1. The number of rotatable bonds is 5. The van der Waals surface area contributed by atoms with Gasteiger partial charge in [0, 0.05) is 13.2 Å². The van der Waals surface area contributed by atoms with Crippen LogP contribution in [0.5, 0.6) is 0 Å². The normalized spacial score (nSPS) is 24.0. The van der Waals surface area contributed by atoms with Crippen LogP contribution in [0.3, 0.4) is 0 Å². The summed E-state index contributed by atoms with van der Waals surface area (Å²) < 4.78 is 48.5. The van der Waals surface area contributed by atoms with Crippen LogP contribution in [-0.2, 0) is 17.9 Å². The quantitative estimate of drug-likeness (QED) is 0.903. The van der Waals surface area contributed by atoms with Crippen LogP contribution in [0.25, 0.3) is 0 Å². The van der Waals surface area contributed by atoms with E-state index in [2.05, 4.69) is 15.5 Å². The predicted molar refractivity (Wildman–Crippen MR) is 63.7 cm³/mol. The van der Waals surface area contributed by atoms with Gasteiger partial charge in [0.15, 0.2) is 5.82 Å². The topological polar surface area (TPSA) is 60.2 Å². The second kappa shape index (κ2) is 6.53. The van der Waals surface area contributed by atoms with Crippen molar-refractivity contribution < 1.29 is 22.4 Å².